The second-order valence-corrected chi connectivity index (χ2v) is 12.6. The molecule has 0 radical (unpaired) electrons. The Hall–Kier alpha value is -4.34. The van der Waals surface area contributed by atoms with Crippen LogP contribution in [0, 0.1) is 6.92 Å². The number of halogens is 1. The molecule has 10 heteroatoms. The van der Waals surface area contributed by atoms with Gasteiger partial charge in [-0.05, 0) is 79.1 Å². The molecule has 0 aliphatic heterocycles. The maximum Gasteiger partial charge on any atom is 0.264 e. The van der Waals surface area contributed by atoms with Crippen molar-refractivity contribution in [1.29, 1.82) is 0 Å². The first-order valence-electron chi connectivity index (χ1n) is 14.2. The van der Waals surface area contributed by atoms with Crippen molar-refractivity contribution in [2.24, 2.45) is 0 Å². The van der Waals surface area contributed by atoms with Crippen molar-refractivity contribution in [3.8, 4) is 5.75 Å². The Morgan fingerprint density at radius 3 is 2.23 bits per heavy atom. The third kappa shape index (κ3) is 8.18. The molecule has 0 heterocycles. The molecule has 0 aliphatic carbocycles. The largest absolute Gasteiger partial charge is 0.497 e. The van der Waals surface area contributed by atoms with Crippen molar-refractivity contribution in [1.82, 2.24) is 10.2 Å². The monoisotopic (exact) mass is 633 g/mol. The molecule has 0 aliphatic rings. The summed E-state index contributed by atoms with van der Waals surface area (Å²) in [6.45, 7) is 3.53. The van der Waals surface area contributed by atoms with Crippen molar-refractivity contribution in [2.75, 3.05) is 24.5 Å². The molecule has 4 aromatic carbocycles. The third-order valence-corrected chi connectivity index (χ3v) is 9.12. The molecule has 2 amide bonds. The molecule has 0 saturated heterocycles. The molecular formula is C34H36ClN3O5S. The number of likely N-dealkylation sites (N-methyl/N-ethyl adjacent to an activating group) is 1. The van der Waals surface area contributed by atoms with Crippen molar-refractivity contribution >= 4 is 39.1 Å². The van der Waals surface area contributed by atoms with Crippen molar-refractivity contribution in [3.05, 3.63) is 125 Å². The highest BCUT2D eigenvalue weighted by Crippen LogP contribution is 2.27. The van der Waals surface area contributed by atoms with E-state index in [-0.39, 0.29) is 23.8 Å². The van der Waals surface area contributed by atoms with Crippen molar-refractivity contribution in [2.45, 2.75) is 37.8 Å². The van der Waals surface area contributed by atoms with Crippen LogP contribution in [-0.2, 0) is 32.6 Å². The zero-order chi connectivity index (χ0) is 31.7. The maximum absolute atomic E-state index is 14.4. The fourth-order valence-corrected chi connectivity index (χ4v) is 6.39. The van der Waals surface area contributed by atoms with Gasteiger partial charge in [-0.1, -0.05) is 66.2 Å². The highest BCUT2D eigenvalue weighted by atomic mass is 35.5. The third-order valence-electron chi connectivity index (χ3n) is 7.08. The second-order valence-electron chi connectivity index (χ2n) is 10.3. The highest BCUT2D eigenvalue weighted by molar-refractivity contribution is 7.92. The minimum Gasteiger partial charge on any atom is -0.497 e. The molecule has 1 unspecified atom stereocenters. The lowest BCUT2D eigenvalue weighted by molar-refractivity contribution is -0.140. The molecular weight excluding hydrogens is 598 g/mol. The SMILES string of the molecule is CCNC(=O)C(Cc1ccccc1)N(Cc1cccc(OC)c1)C(=O)CN(c1cccc(C)c1)S(=O)(=O)c1ccc(Cl)cc1. The average molecular weight is 634 g/mol. The van der Waals surface area contributed by atoms with Crippen LogP contribution in [0.1, 0.15) is 23.6 Å². The van der Waals surface area contributed by atoms with Crippen LogP contribution in [0.25, 0.3) is 0 Å². The number of hydrogen-bond acceptors (Lipinski definition) is 5. The van der Waals surface area contributed by atoms with Crippen LogP contribution in [-0.4, -0.2) is 51.4 Å². The van der Waals surface area contributed by atoms with E-state index in [1.54, 1.807) is 43.5 Å². The van der Waals surface area contributed by atoms with E-state index in [0.717, 1.165) is 21.0 Å². The fraction of sp³-hybridized carbons (Fsp3) is 0.235. The van der Waals surface area contributed by atoms with Gasteiger partial charge in [0, 0.05) is 24.5 Å². The molecule has 0 spiro atoms. The molecule has 8 nitrogen and oxygen atoms in total. The van der Waals surface area contributed by atoms with Crippen LogP contribution in [0.4, 0.5) is 5.69 Å². The van der Waals surface area contributed by atoms with Gasteiger partial charge in [-0.2, -0.15) is 0 Å². The summed E-state index contributed by atoms with van der Waals surface area (Å²) in [7, 11) is -2.66. The predicted octanol–water partition coefficient (Wildman–Crippen LogP) is 5.63. The molecule has 0 fully saturated rings. The van der Waals surface area contributed by atoms with E-state index in [2.05, 4.69) is 5.32 Å². The lowest BCUT2D eigenvalue weighted by Crippen LogP contribution is -2.53. The molecule has 1 atom stereocenters. The summed E-state index contributed by atoms with van der Waals surface area (Å²) in [4.78, 5) is 29.5. The molecule has 1 N–H and O–H groups in total. The van der Waals surface area contributed by atoms with E-state index in [4.69, 9.17) is 16.3 Å². The van der Waals surface area contributed by atoms with Gasteiger partial charge in [-0.25, -0.2) is 8.42 Å². The van der Waals surface area contributed by atoms with Gasteiger partial charge in [0.2, 0.25) is 11.8 Å². The predicted molar refractivity (Wildman–Crippen MR) is 173 cm³/mol. The van der Waals surface area contributed by atoms with Gasteiger partial charge >= 0.3 is 0 Å². The van der Waals surface area contributed by atoms with Gasteiger partial charge < -0.3 is 15.0 Å². The van der Waals surface area contributed by atoms with Crippen LogP contribution < -0.4 is 14.4 Å². The summed E-state index contributed by atoms with van der Waals surface area (Å²) >= 11 is 6.04. The van der Waals surface area contributed by atoms with Crippen LogP contribution in [0.3, 0.4) is 0 Å². The number of methoxy groups -OCH3 is 1. The number of anilines is 1. The molecule has 230 valence electrons. The van der Waals surface area contributed by atoms with Gasteiger partial charge in [-0.15, -0.1) is 0 Å². The van der Waals surface area contributed by atoms with Gasteiger partial charge in [-0.3, -0.25) is 13.9 Å². The van der Waals surface area contributed by atoms with E-state index in [0.29, 0.717) is 23.0 Å². The van der Waals surface area contributed by atoms with Crippen molar-refractivity contribution < 1.29 is 22.7 Å². The van der Waals surface area contributed by atoms with E-state index in [9.17, 15) is 18.0 Å². The topological polar surface area (TPSA) is 96.0 Å². The van der Waals surface area contributed by atoms with Gasteiger partial charge in [0.25, 0.3) is 10.0 Å². The standard InChI is InChI=1S/C34H36ClN3O5S/c1-4-36-34(40)32(22-26-11-6-5-7-12-26)37(23-27-13-9-15-30(21-27)43-3)33(39)24-38(29-14-8-10-25(2)20-29)44(41,42)31-18-16-28(35)17-19-31/h5-21,32H,4,22-24H2,1-3H3,(H,36,40). The molecule has 44 heavy (non-hydrogen) atoms. The first-order valence-corrected chi connectivity index (χ1v) is 16.0. The maximum atomic E-state index is 14.4. The molecule has 0 bridgehead atoms. The smallest absolute Gasteiger partial charge is 0.264 e. The first kappa shape index (κ1) is 32.6. The van der Waals surface area contributed by atoms with Crippen molar-refractivity contribution in [3.63, 3.8) is 0 Å². The lowest BCUT2D eigenvalue weighted by atomic mass is 10.0. The Bertz CT molecular complexity index is 1680. The molecule has 4 rings (SSSR count). The second kappa shape index (κ2) is 14.9. The summed E-state index contributed by atoms with van der Waals surface area (Å²) in [6, 6.07) is 28.4. The van der Waals surface area contributed by atoms with Crippen LogP contribution in [0.2, 0.25) is 5.02 Å². The minimum atomic E-state index is -4.21. The zero-order valence-electron chi connectivity index (χ0n) is 24.9. The lowest BCUT2D eigenvalue weighted by Gasteiger charge is -2.34. The summed E-state index contributed by atoms with van der Waals surface area (Å²) < 4.78 is 34.6. The Morgan fingerprint density at radius 2 is 1.57 bits per heavy atom. The summed E-state index contributed by atoms with van der Waals surface area (Å²) in [5.41, 5.74) is 2.73. The Kier molecular flexibility index (Phi) is 11.0. The number of nitrogens with zero attached hydrogens (tertiary/aromatic N) is 2. The van der Waals surface area contributed by atoms with Gasteiger partial charge in [0.05, 0.1) is 17.7 Å². The van der Waals surface area contributed by atoms with E-state index >= 15 is 0 Å². The fourth-order valence-electron chi connectivity index (χ4n) is 4.86. The van der Waals surface area contributed by atoms with E-state index < -0.39 is 28.5 Å². The molecule has 4 aromatic rings. The van der Waals surface area contributed by atoms with Gasteiger partial charge in [0.1, 0.15) is 18.3 Å². The average Bonchev–Trinajstić information content (AvgIpc) is 3.02. The van der Waals surface area contributed by atoms with Crippen LogP contribution in [0.5, 0.6) is 5.75 Å². The highest BCUT2D eigenvalue weighted by Gasteiger charge is 2.34. The number of benzene rings is 4. The number of carbonyl (C=O) groups is 2. The number of nitrogens with one attached hydrogen (secondary N) is 1. The van der Waals surface area contributed by atoms with E-state index in [1.807, 2.05) is 56.3 Å². The number of sulfonamides is 1. The van der Waals surface area contributed by atoms with Gasteiger partial charge in [0.15, 0.2) is 0 Å². The first-order chi connectivity index (χ1) is 21.1. The Balaban J connectivity index is 1.80. The number of rotatable bonds is 13. The number of aryl methyl sites for hydroxylation is 1. The number of amides is 2. The number of ether oxygens (including phenoxy) is 1. The summed E-state index contributed by atoms with van der Waals surface area (Å²) in [5.74, 6) is -0.284. The molecule has 0 saturated carbocycles. The quantitative estimate of drug-likeness (QED) is 0.206. The normalized spacial score (nSPS) is 11.8. The summed E-state index contributed by atoms with van der Waals surface area (Å²) in [5, 5.41) is 3.25. The number of hydrogen-bond donors (Lipinski definition) is 1. The minimum absolute atomic E-state index is 0.0138. The van der Waals surface area contributed by atoms with Crippen LogP contribution >= 0.6 is 11.6 Å². The van der Waals surface area contributed by atoms with Crippen LogP contribution in [0.15, 0.2) is 108 Å². The zero-order valence-corrected chi connectivity index (χ0v) is 26.5. The molecule has 0 aromatic heterocycles. The number of carbonyl (C=O) groups excluding carboxylic acids is 2. The Morgan fingerprint density at radius 1 is 0.886 bits per heavy atom. The Labute approximate surface area is 264 Å². The van der Waals surface area contributed by atoms with E-state index in [1.165, 1.54) is 29.2 Å². The summed E-state index contributed by atoms with van der Waals surface area (Å²) in [6.07, 6.45) is 0.233.